The molecule has 0 aliphatic carbocycles. The number of esters is 1. The second-order valence-corrected chi connectivity index (χ2v) is 10.5. The van der Waals surface area contributed by atoms with E-state index in [0.717, 1.165) is 32.3 Å². The van der Waals surface area contributed by atoms with Gasteiger partial charge in [-0.1, -0.05) is 103 Å². The quantitative estimate of drug-likeness (QED) is 0.132. The minimum Gasteiger partial charge on any atom is -0.465 e. The van der Waals surface area contributed by atoms with Crippen molar-refractivity contribution in [1.29, 1.82) is 0 Å². The number of fused-ring (bicyclic) bond motifs is 1. The van der Waals surface area contributed by atoms with Crippen molar-refractivity contribution < 1.29 is 19.0 Å². The molecule has 0 atom stereocenters. The van der Waals surface area contributed by atoms with Gasteiger partial charge in [-0.2, -0.15) is 0 Å². The maximum Gasteiger partial charge on any atom is 0.348 e. The lowest BCUT2D eigenvalue weighted by atomic mass is 9.80. The summed E-state index contributed by atoms with van der Waals surface area (Å²) in [6.07, 6.45) is 3.37. The molecule has 0 aliphatic heterocycles. The van der Waals surface area contributed by atoms with Crippen LogP contribution in [0.4, 0.5) is 0 Å². The summed E-state index contributed by atoms with van der Waals surface area (Å²) < 4.78 is 18.8. The van der Waals surface area contributed by atoms with Gasteiger partial charge in [-0.15, -0.1) is 11.3 Å². The van der Waals surface area contributed by atoms with E-state index in [0.29, 0.717) is 23.0 Å². The van der Waals surface area contributed by atoms with Crippen molar-refractivity contribution in [3.63, 3.8) is 0 Å². The van der Waals surface area contributed by atoms with Crippen LogP contribution in [0.1, 0.15) is 31.9 Å². The molecule has 202 valence electrons. The molecule has 0 amide bonds. The van der Waals surface area contributed by atoms with Crippen LogP contribution in [-0.2, 0) is 21.7 Å². The number of rotatable bonds is 9. The van der Waals surface area contributed by atoms with E-state index < -0.39 is 5.60 Å². The first-order valence-corrected chi connectivity index (χ1v) is 14.0. The van der Waals surface area contributed by atoms with Gasteiger partial charge in [0.1, 0.15) is 16.2 Å². The maximum atomic E-state index is 12.0. The number of aromatic nitrogens is 1. The Labute approximate surface area is 242 Å². The molecule has 2 aromatic heterocycles. The Balaban J connectivity index is 1.29. The monoisotopic (exact) mass is 557 g/mol. The molecule has 6 heteroatoms. The molecular formula is C35H27NO4S. The zero-order valence-corrected chi connectivity index (χ0v) is 23.2. The highest BCUT2D eigenvalue weighted by Crippen LogP contribution is 2.41. The van der Waals surface area contributed by atoms with E-state index in [-0.39, 0.29) is 5.97 Å². The summed E-state index contributed by atoms with van der Waals surface area (Å²) >= 11 is 1.33. The average molecular weight is 558 g/mol. The lowest BCUT2D eigenvalue weighted by molar-refractivity contribution is 0.000232. The van der Waals surface area contributed by atoms with Crippen LogP contribution in [0.3, 0.4) is 0 Å². The van der Waals surface area contributed by atoms with Gasteiger partial charge in [-0.25, -0.2) is 4.79 Å². The van der Waals surface area contributed by atoms with Gasteiger partial charge < -0.3 is 14.2 Å². The minimum atomic E-state index is -0.795. The highest BCUT2D eigenvalue weighted by atomic mass is 32.1. The second-order valence-electron chi connectivity index (χ2n) is 9.47. The Hall–Kier alpha value is -4.78. The maximum absolute atomic E-state index is 12.0. The van der Waals surface area contributed by atoms with Crippen LogP contribution in [0.15, 0.2) is 134 Å². The number of carbonyl (C=O) groups excluding carboxylic acids is 1. The third-order valence-electron chi connectivity index (χ3n) is 6.94. The van der Waals surface area contributed by atoms with Crippen molar-refractivity contribution in [3.8, 4) is 11.5 Å². The summed E-state index contributed by atoms with van der Waals surface area (Å²) in [5.41, 5.74) is 3.38. The number of carbonyl (C=O) groups is 1. The van der Waals surface area contributed by atoms with Crippen LogP contribution in [0.5, 0.6) is 11.5 Å². The van der Waals surface area contributed by atoms with Gasteiger partial charge in [0, 0.05) is 11.6 Å². The van der Waals surface area contributed by atoms with E-state index >= 15 is 0 Å². The van der Waals surface area contributed by atoms with Gasteiger partial charge in [-0.3, -0.25) is 4.98 Å². The van der Waals surface area contributed by atoms with Crippen molar-refractivity contribution in [2.24, 2.45) is 0 Å². The van der Waals surface area contributed by atoms with Gasteiger partial charge in [0.15, 0.2) is 5.75 Å². The molecule has 0 spiro atoms. The van der Waals surface area contributed by atoms with Crippen LogP contribution < -0.4 is 4.74 Å². The smallest absolute Gasteiger partial charge is 0.348 e. The van der Waals surface area contributed by atoms with Crippen molar-refractivity contribution in [3.05, 3.63) is 161 Å². The first-order chi connectivity index (χ1) is 20.2. The number of ether oxygens (including phenoxy) is 3. The van der Waals surface area contributed by atoms with Gasteiger partial charge in [0.25, 0.3) is 0 Å². The number of benzene rings is 4. The molecule has 41 heavy (non-hydrogen) atoms. The molecule has 0 saturated carbocycles. The average Bonchev–Trinajstić information content (AvgIpc) is 3.49. The van der Waals surface area contributed by atoms with Gasteiger partial charge in [0.2, 0.25) is 0 Å². The second kappa shape index (κ2) is 11.8. The lowest BCUT2D eigenvalue weighted by Gasteiger charge is -2.36. The number of hydrogen-bond donors (Lipinski definition) is 0. The molecule has 6 aromatic rings. The molecule has 0 aliphatic rings. The molecule has 4 aromatic carbocycles. The predicted octanol–water partition coefficient (Wildman–Crippen LogP) is 8.38. The van der Waals surface area contributed by atoms with E-state index in [4.69, 9.17) is 14.2 Å². The summed E-state index contributed by atoms with van der Waals surface area (Å²) in [5.74, 6) is 0.863. The van der Waals surface area contributed by atoms with E-state index in [2.05, 4.69) is 41.4 Å². The van der Waals surface area contributed by atoms with E-state index in [1.165, 1.54) is 18.4 Å². The molecule has 0 N–H and O–H groups in total. The molecule has 0 radical (unpaired) electrons. The third-order valence-corrected chi connectivity index (χ3v) is 7.99. The van der Waals surface area contributed by atoms with Gasteiger partial charge in [0.05, 0.1) is 24.6 Å². The molecule has 6 rings (SSSR count). The van der Waals surface area contributed by atoms with Crippen LogP contribution in [0, 0.1) is 0 Å². The number of hydrogen-bond acceptors (Lipinski definition) is 6. The summed E-state index contributed by atoms with van der Waals surface area (Å²) in [7, 11) is 1.37. The lowest BCUT2D eigenvalue weighted by Crippen LogP contribution is -2.32. The first kappa shape index (κ1) is 26.4. The molecule has 0 fully saturated rings. The Kier molecular flexibility index (Phi) is 7.58. The van der Waals surface area contributed by atoms with Gasteiger partial charge >= 0.3 is 5.97 Å². The highest BCUT2D eigenvalue weighted by molar-refractivity contribution is 7.20. The molecule has 0 saturated heterocycles. The zero-order valence-electron chi connectivity index (χ0n) is 22.4. The summed E-state index contributed by atoms with van der Waals surface area (Å²) in [6, 6.07) is 40.6. The summed E-state index contributed by atoms with van der Waals surface area (Å²) in [4.78, 5) is 16.8. The topological polar surface area (TPSA) is 57.7 Å². The number of methoxy groups -OCH3 is 1. The van der Waals surface area contributed by atoms with Crippen molar-refractivity contribution >= 4 is 27.4 Å². The SMILES string of the molecule is COC(=O)c1cc2c(Oc3ccc(COC(c4ccccc4)(c4ccccc4)c4ccccc4)cc3)cncc2s1. The van der Waals surface area contributed by atoms with E-state index in [1.807, 2.05) is 78.9 Å². The van der Waals surface area contributed by atoms with Crippen LogP contribution in [0.2, 0.25) is 0 Å². The van der Waals surface area contributed by atoms with Crippen LogP contribution >= 0.6 is 11.3 Å². The van der Waals surface area contributed by atoms with Crippen molar-refractivity contribution in [2.75, 3.05) is 7.11 Å². The molecular weight excluding hydrogens is 530 g/mol. The van der Waals surface area contributed by atoms with E-state index in [9.17, 15) is 4.79 Å². The highest BCUT2D eigenvalue weighted by Gasteiger charge is 2.37. The number of nitrogens with zero attached hydrogens (tertiary/aromatic N) is 1. The Bertz CT molecular complexity index is 1650. The Morgan fingerprint density at radius 2 is 1.32 bits per heavy atom. The largest absolute Gasteiger partial charge is 0.465 e. The Morgan fingerprint density at radius 3 is 1.85 bits per heavy atom. The minimum absolute atomic E-state index is 0.376. The van der Waals surface area contributed by atoms with E-state index in [1.54, 1.807) is 18.5 Å². The fraction of sp³-hybridized carbons (Fsp3) is 0.0857. The standard InChI is InChI=1S/C35H27NO4S/c1-38-34(37)32-21-30-31(22-36-23-33(30)41-32)40-29-19-17-25(18-20-29)24-39-35(26-11-5-2-6-12-26,27-13-7-3-8-14-27)28-15-9-4-10-16-28/h2-23H,24H2,1H3. The number of thiophene rings is 1. The van der Waals surface area contributed by atoms with Crippen molar-refractivity contribution in [1.82, 2.24) is 4.98 Å². The van der Waals surface area contributed by atoms with Gasteiger partial charge in [-0.05, 0) is 40.5 Å². The van der Waals surface area contributed by atoms with Crippen LogP contribution in [-0.4, -0.2) is 18.1 Å². The molecule has 2 heterocycles. The third kappa shape index (κ3) is 5.35. The fourth-order valence-electron chi connectivity index (χ4n) is 4.96. The van der Waals surface area contributed by atoms with Crippen LogP contribution in [0.25, 0.3) is 10.1 Å². The van der Waals surface area contributed by atoms with Crippen molar-refractivity contribution in [2.45, 2.75) is 12.2 Å². The fourth-order valence-corrected chi connectivity index (χ4v) is 5.92. The molecule has 0 bridgehead atoms. The number of pyridine rings is 1. The predicted molar refractivity (Wildman–Crippen MR) is 161 cm³/mol. The Morgan fingerprint density at radius 1 is 0.756 bits per heavy atom. The first-order valence-electron chi connectivity index (χ1n) is 13.2. The zero-order chi connectivity index (χ0) is 28.1. The molecule has 5 nitrogen and oxygen atoms in total. The normalized spacial score (nSPS) is 11.3. The summed E-state index contributed by atoms with van der Waals surface area (Å²) in [6.45, 7) is 0.378. The summed E-state index contributed by atoms with van der Waals surface area (Å²) in [5, 5.41) is 0.816. The molecule has 0 unspecified atom stereocenters.